The highest BCUT2D eigenvalue weighted by Gasteiger charge is 2.32. The van der Waals surface area contributed by atoms with Gasteiger partial charge in [-0.3, -0.25) is 4.68 Å². The van der Waals surface area contributed by atoms with Crippen LogP contribution in [0.2, 0.25) is 0 Å². The van der Waals surface area contributed by atoms with Crippen molar-refractivity contribution in [3.05, 3.63) is 53.6 Å². The molecule has 2 amide bonds. The molecule has 5 nitrogen and oxygen atoms in total. The van der Waals surface area contributed by atoms with Crippen LogP contribution in [-0.2, 0) is 19.5 Å². The van der Waals surface area contributed by atoms with Crippen LogP contribution in [0.3, 0.4) is 0 Å². The second-order valence-corrected chi connectivity index (χ2v) is 6.12. The minimum Gasteiger partial charge on any atom is -0.332 e. The number of amides is 2. The number of urea groups is 1. The molecule has 0 aliphatic heterocycles. The minimum atomic E-state index is -0.234. The van der Waals surface area contributed by atoms with Gasteiger partial charge in [0.2, 0.25) is 0 Å². The topological polar surface area (TPSA) is 50.2 Å². The zero-order valence-electron chi connectivity index (χ0n) is 13.9. The highest BCUT2D eigenvalue weighted by molar-refractivity contribution is 5.74. The summed E-state index contributed by atoms with van der Waals surface area (Å²) in [5.74, 6) is -0.234. The summed E-state index contributed by atoms with van der Waals surface area (Å²) in [4.78, 5) is 14.4. The van der Waals surface area contributed by atoms with Gasteiger partial charge in [0.15, 0.2) is 0 Å². The SMILES string of the molecule is CCn1ccc(CNC(=O)N(CCc2ccc(F)cc2)C2CC2)n1. The van der Waals surface area contributed by atoms with Crippen LogP contribution in [0.15, 0.2) is 36.5 Å². The van der Waals surface area contributed by atoms with Crippen molar-refractivity contribution in [3.63, 3.8) is 0 Å². The summed E-state index contributed by atoms with van der Waals surface area (Å²) in [6.07, 6.45) is 4.76. The first kappa shape index (κ1) is 16.5. The molecule has 0 saturated heterocycles. The van der Waals surface area contributed by atoms with Crippen molar-refractivity contribution in [2.24, 2.45) is 0 Å². The van der Waals surface area contributed by atoms with Gasteiger partial charge >= 0.3 is 6.03 Å². The van der Waals surface area contributed by atoms with Crippen molar-refractivity contribution in [1.29, 1.82) is 0 Å². The predicted molar refractivity (Wildman–Crippen MR) is 90.0 cm³/mol. The molecule has 1 N–H and O–H groups in total. The lowest BCUT2D eigenvalue weighted by molar-refractivity contribution is 0.195. The van der Waals surface area contributed by atoms with Gasteiger partial charge in [0.05, 0.1) is 12.2 Å². The number of carbonyl (C=O) groups excluding carboxylic acids is 1. The van der Waals surface area contributed by atoms with Crippen molar-refractivity contribution in [3.8, 4) is 0 Å². The standard InChI is InChI=1S/C18H23FN4O/c1-2-22-11-10-16(21-22)13-20-18(24)23(17-7-8-17)12-9-14-3-5-15(19)6-4-14/h3-6,10-11,17H,2,7-9,12-13H2,1H3,(H,20,24). The molecule has 0 unspecified atom stereocenters. The van der Waals surface area contributed by atoms with Gasteiger partial charge in [-0.2, -0.15) is 5.10 Å². The fraction of sp³-hybridized carbons (Fsp3) is 0.444. The number of halogens is 1. The van der Waals surface area contributed by atoms with E-state index in [2.05, 4.69) is 10.4 Å². The van der Waals surface area contributed by atoms with Crippen molar-refractivity contribution in [1.82, 2.24) is 20.0 Å². The number of aromatic nitrogens is 2. The normalized spacial score (nSPS) is 13.8. The van der Waals surface area contributed by atoms with Crippen molar-refractivity contribution >= 4 is 6.03 Å². The van der Waals surface area contributed by atoms with Crippen LogP contribution < -0.4 is 5.32 Å². The third-order valence-electron chi connectivity index (χ3n) is 4.24. The number of hydrogen-bond donors (Lipinski definition) is 1. The summed E-state index contributed by atoms with van der Waals surface area (Å²) in [6, 6.07) is 8.67. The third-order valence-corrected chi connectivity index (χ3v) is 4.24. The lowest BCUT2D eigenvalue weighted by Gasteiger charge is -2.22. The highest BCUT2D eigenvalue weighted by Crippen LogP contribution is 2.27. The zero-order chi connectivity index (χ0) is 16.9. The van der Waals surface area contributed by atoms with Gasteiger partial charge in [0.25, 0.3) is 0 Å². The molecule has 2 aromatic rings. The Morgan fingerprint density at radius 2 is 2.08 bits per heavy atom. The molecule has 128 valence electrons. The number of aryl methyl sites for hydroxylation is 1. The monoisotopic (exact) mass is 330 g/mol. The van der Waals surface area contributed by atoms with Crippen molar-refractivity contribution < 1.29 is 9.18 Å². The second-order valence-electron chi connectivity index (χ2n) is 6.12. The molecular weight excluding hydrogens is 307 g/mol. The van der Waals surface area contributed by atoms with E-state index in [9.17, 15) is 9.18 Å². The maximum atomic E-state index is 13.0. The number of benzene rings is 1. The Kier molecular flexibility index (Phi) is 5.13. The molecule has 1 aliphatic rings. The van der Waals surface area contributed by atoms with Crippen molar-refractivity contribution in [2.75, 3.05) is 6.54 Å². The van der Waals surface area contributed by atoms with E-state index in [1.807, 2.05) is 28.8 Å². The van der Waals surface area contributed by atoms with Crippen LogP contribution in [0.4, 0.5) is 9.18 Å². The Labute approximate surface area is 141 Å². The van der Waals surface area contributed by atoms with E-state index in [1.54, 1.807) is 12.1 Å². The van der Waals surface area contributed by atoms with Crippen LogP contribution >= 0.6 is 0 Å². The van der Waals surface area contributed by atoms with Gasteiger partial charge in [-0.05, 0) is 49.9 Å². The fourth-order valence-corrected chi connectivity index (χ4v) is 2.68. The van der Waals surface area contributed by atoms with E-state index < -0.39 is 0 Å². The average molecular weight is 330 g/mol. The Hall–Kier alpha value is -2.37. The Morgan fingerprint density at radius 3 is 2.71 bits per heavy atom. The number of carbonyl (C=O) groups is 1. The molecule has 1 aromatic heterocycles. The summed E-state index contributed by atoms with van der Waals surface area (Å²) in [5, 5.41) is 7.32. The summed E-state index contributed by atoms with van der Waals surface area (Å²) in [6.45, 7) is 3.93. The lowest BCUT2D eigenvalue weighted by Crippen LogP contribution is -2.42. The van der Waals surface area contributed by atoms with E-state index in [1.165, 1.54) is 12.1 Å². The van der Waals surface area contributed by atoms with E-state index >= 15 is 0 Å². The van der Waals surface area contributed by atoms with Gasteiger partial charge in [0, 0.05) is 25.3 Å². The molecular formula is C18H23FN4O. The Morgan fingerprint density at radius 1 is 1.33 bits per heavy atom. The Bertz CT molecular complexity index is 679. The summed E-state index contributed by atoms with van der Waals surface area (Å²) >= 11 is 0. The maximum absolute atomic E-state index is 13.0. The largest absolute Gasteiger partial charge is 0.332 e. The number of rotatable bonds is 7. The van der Waals surface area contributed by atoms with E-state index in [-0.39, 0.29) is 11.8 Å². The van der Waals surface area contributed by atoms with E-state index in [0.29, 0.717) is 19.1 Å². The molecule has 1 saturated carbocycles. The van der Waals surface area contributed by atoms with E-state index in [0.717, 1.165) is 37.1 Å². The fourth-order valence-electron chi connectivity index (χ4n) is 2.68. The summed E-state index contributed by atoms with van der Waals surface area (Å²) < 4.78 is 14.8. The molecule has 3 rings (SSSR count). The minimum absolute atomic E-state index is 0.0503. The second kappa shape index (κ2) is 7.47. The maximum Gasteiger partial charge on any atom is 0.317 e. The van der Waals surface area contributed by atoms with Gasteiger partial charge in [-0.15, -0.1) is 0 Å². The molecule has 0 bridgehead atoms. The lowest BCUT2D eigenvalue weighted by atomic mass is 10.1. The molecule has 0 spiro atoms. The predicted octanol–water partition coefficient (Wildman–Crippen LogP) is 2.96. The van der Waals surface area contributed by atoms with Gasteiger partial charge in [-0.1, -0.05) is 12.1 Å². The van der Waals surface area contributed by atoms with Gasteiger partial charge < -0.3 is 10.2 Å². The third kappa shape index (κ3) is 4.34. The molecule has 0 radical (unpaired) electrons. The van der Waals surface area contributed by atoms with Crippen LogP contribution in [-0.4, -0.2) is 33.3 Å². The summed E-state index contributed by atoms with van der Waals surface area (Å²) in [5.41, 5.74) is 1.90. The average Bonchev–Trinajstić information content (AvgIpc) is 3.32. The number of hydrogen-bond acceptors (Lipinski definition) is 2. The molecule has 6 heteroatoms. The molecule has 1 fully saturated rings. The van der Waals surface area contributed by atoms with Gasteiger partial charge in [-0.25, -0.2) is 9.18 Å². The first-order valence-electron chi connectivity index (χ1n) is 8.47. The molecule has 1 heterocycles. The Balaban J connectivity index is 1.52. The van der Waals surface area contributed by atoms with Crippen molar-refractivity contribution in [2.45, 2.75) is 45.3 Å². The summed E-state index contributed by atoms with van der Waals surface area (Å²) in [7, 11) is 0. The van der Waals surface area contributed by atoms with Crippen LogP contribution in [0.25, 0.3) is 0 Å². The number of nitrogens with one attached hydrogen (secondary N) is 1. The van der Waals surface area contributed by atoms with Crippen LogP contribution in [0, 0.1) is 5.82 Å². The molecule has 24 heavy (non-hydrogen) atoms. The van der Waals surface area contributed by atoms with Crippen LogP contribution in [0.5, 0.6) is 0 Å². The van der Waals surface area contributed by atoms with Gasteiger partial charge in [0.1, 0.15) is 5.82 Å². The first-order chi connectivity index (χ1) is 11.7. The molecule has 1 aliphatic carbocycles. The molecule has 1 aromatic carbocycles. The molecule has 0 atom stereocenters. The first-order valence-corrected chi connectivity index (χ1v) is 8.47. The number of nitrogens with zero attached hydrogens (tertiary/aromatic N) is 3. The van der Waals surface area contributed by atoms with Crippen LogP contribution in [0.1, 0.15) is 31.0 Å². The zero-order valence-corrected chi connectivity index (χ0v) is 13.9. The van der Waals surface area contributed by atoms with E-state index in [4.69, 9.17) is 0 Å². The smallest absolute Gasteiger partial charge is 0.317 e. The quantitative estimate of drug-likeness (QED) is 0.848. The highest BCUT2D eigenvalue weighted by atomic mass is 19.1.